The number of hydrogen-bond acceptors (Lipinski definition) is 2. The number of rotatable bonds is 2. The Hall–Kier alpha value is -0.320. The van der Waals surface area contributed by atoms with Gasteiger partial charge in [-0.05, 0) is 49.1 Å². The van der Waals surface area contributed by atoms with E-state index >= 15 is 0 Å². The highest BCUT2D eigenvalue weighted by molar-refractivity contribution is 7.45. The van der Waals surface area contributed by atoms with Gasteiger partial charge < -0.3 is 9.13 Å². The summed E-state index contributed by atoms with van der Waals surface area (Å²) in [5.74, 6) is 0. The van der Waals surface area contributed by atoms with Gasteiger partial charge in [0.1, 0.15) is 0 Å². The molecule has 4 atom stereocenters. The van der Waals surface area contributed by atoms with Crippen molar-refractivity contribution in [1.29, 1.82) is 0 Å². The summed E-state index contributed by atoms with van der Waals surface area (Å²) in [4.78, 5) is 0. The molecule has 3 rings (SSSR count). The Morgan fingerprint density at radius 3 is 1.45 bits per heavy atom. The first-order valence-corrected chi connectivity index (χ1v) is 12.3. The van der Waals surface area contributed by atoms with Crippen molar-refractivity contribution in [3.63, 3.8) is 0 Å². The summed E-state index contributed by atoms with van der Waals surface area (Å²) in [6, 6.07) is 8.70. The summed E-state index contributed by atoms with van der Waals surface area (Å²) in [6.07, 6.45) is 11.2. The predicted molar refractivity (Wildman–Crippen MR) is 96.6 cm³/mol. The van der Waals surface area contributed by atoms with Crippen LogP contribution in [0.15, 0.2) is 24.3 Å². The molecule has 1 aromatic rings. The SMILES string of the molecule is O=[PH]1CCCCCC1c1ccc(C2CCCCC[PH]2=O)cc1. The van der Waals surface area contributed by atoms with Gasteiger partial charge in [0.15, 0.2) is 0 Å². The highest BCUT2D eigenvalue weighted by Gasteiger charge is 2.23. The van der Waals surface area contributed by atoms with Crippen molar-refractivity contribution in [3.05, 3.63) is 35.4 Å². The highest BCUT2D eigenvalue weighted by atomic mass is 31.1. The van der Waals surface area contributed by atoms with E-state index in [1.54, 1.807) is 0 Å². The minimum absolute atomic E-state index is 0.285. The molecule has 2 heterocycles. The monoisotopic (exact) mass is 338 g/mol. The quantitative estimate of drug-likeness (QED) is 0.616. The fourth-order valence-electron chi connectivity index (χ4n) is 3.99. The summed E-state index contributed by atoms with van der Waals surface area (Å²) in [5.41, 5.74) is 3.08. The lowest BCUT2D eigenvalue weighted by atomic mass is 10.0. The van der Waals surface area contributed by atoms with Crippen LogP contribution in [0.1, 0.15) is 73.8 Å². The molecule has 0 bridgehead atoms. The largest absolute Gasteiger partial charge is 0.326 e. The van der Waals surface area contributed by atoms with Gasteiger partial charge in [-0.2, -0.15) is 0 Å². The van der Waals surface area contributed by atoms with E-state index in [4.69, 9.17) is 0 Å². The van der Waals surface area contributed by atoms with Crippen LogP contribution in [0.2, 0.25) is 0 Å². The third-order valence-electron chi connectivity index (χ3n) is 5.35. The molecule has 0 aromatic heterocycles. The van der Waals surface area contributed by atoms with E-state index < -0.39 is 15.6 Å². The van der Waals surface area contributed by atoms with E-state index in [1.807, 2.05) is 0 Å². The van der Waals surface area contributed by atoms with Crippen LogP contribution in [0, 0.1) is 0 Å². The van der Waals surface area contributed by atoms with Crippen LogP contribution >= 0.6 is 15.6 Å². The zero-order valence-electron chi connectivity index (χ0n) is 13.4. The third-order valence-corrected chi connectivity index (χ3v) is 9.84. The van der Waals surface area contributed by atoms with Crippen molar-refractivity contribution in [2.24, 2.45) is 0 Å². The van der Waals surface area contributed by atoms with Gasteiger partial charge in [-0.1, -0.05) is 49.9 Å². The van der Waals surface area contributed by atoms with Crippen LogP contribution in [0.4, 0.5) is 0 Å². The highest BCUT2D eigenvalue weighted by Crippen LogP contribution is 2.50. The first kappa shape index (κ1) is 16.5. The van der Waals surface area contributed by atoms with Crippen LogP contribution in [-0.2, 0) is 9.13 Å². The number of benzene rings is 1. The zero-order chi connectivity index (χ0) is 15.4. The average molecular weight is 338 g/mol. The number of hydrogen-bond donors (Lipinski definition) is 0. The van der Waals surface area contributed by atoms with E-state index in [1.165, 1.54) is 36.8 Å². The second-order valence-corrected chi connectivity index (χ2v) is 11.2. The molecule has 0 radical (unpaired) electrons. The fraction of sp³-hybridized carbons (Fsp3) is 0.667. The van der Waals surface area contributed by atoms with Crippen LogP contribution < -0.4 is 0 Å². The Bertz CT molecular complexity index is 490. The molecule has 122 valence electrons. The molecule has 0 saturated carbocycles. The van der Waals surface area contributed by atoms with Gasteiger partial charge in [0.2, 0.25) is 0 Å². The lowest BCUT2D eigenvalue weighted by molar-refractivity contribution is 0.576. The summed E-state index contributed by atoms with van der Waals surface area (Å²) >= 11 is 0. The van der Waals surface area contributed by atoms with Crippen LogP contribution in [0.3, 0.4) is 0 Å². The normalized spacial score (nSPS) is 33.8. The van der Waals surface area contributed by atoms with Crippen LogP contribution in [0.5, 0.6) is 0 Å². The van der Waals surface area contributed by atoms with Gasteiger partial charge in [-0.3, -0.25) is 0 Å². The maximum Gasteiger partial charge on any atom is 0.0833 e. The van der Waals surface area contributed by atoms with Gasteiger partial charge in [0.25, 0.3) is 0 Å². The second kappa shape index (κ2) is 7.98. The van der Waals surface area contributed by atoms with E-state index in [9.17, 15) is 9.13 Å². The molecular formula is C18H28O2P2. The van der Waals surface area contributed by atoms with Gasteiger partial charge in [0, 0.05) is 11.3 Å². The van der Waals surface area contributed by atoms with Gasteiger partial charge >= 0.3 is 0 Å². The molecule has 0 N–H and O–H groups in total. The Kier molecular flexibility index (Phi) is 6.00. The topological polar surface area (TPSA) is 34.1 Å². The third kappa shape index (κ3) is 3.95. The Morgan fingerprint density at radius 2 is 1.05 bits per heavy atom. The fourth-order valence-corrected chi connectivity index (χ4v) is 8.06. The Morgan fingerprint density at radius 1 is 0.636 bits per heavy atom. The van der Waals surface area contributed by atoms with Crippen molar-refractivity contribution in [1.82, 2.24) is 0 Å². The molecule has 0 spiro atoms. The van der Waals surface area contributed by atoms with E-state index in [2.05, 4.69) is 24.3 Å². The Balaban J connectivity index is 1.76. The molecule has 2 nitrogen and oxygen atoms in total. The molecule has 2 aliphatic rings. The Labute approximate surface area is 135 Å². The first-order chi connectivity index (χ1) is 10.8. The zero-order valence-corrected chi connectivity index (χ0v) is 15.4. The van der Waals surface area contributed by atoms with E-state index in [0.717, 1.165) is 38.0 Å². The van der Waals surface area contributed by atoms with Crippen molar-refractivity contribution < 1.29 is 9.13 Å². The van der Waals surface area contributed by atoms with Gasteiger partial charge in [-0.25, -0.2) is 0 Å². The maximum atomic E-state index is 12.4. The molecule has 0 amide bonds. The van der Waals surface area contributed by atoms with Gasteiger partial charge in [-0.15, -0.1) is 0 Å². The molecule has 1 aromatic carbocycles. The molecule has 22 heavy (non-hydrogen) atoms. The van der Waals surface area contributed by atoms with Crippen molar-refractivity contribution in [3.8, 4) is 0 Å². The summed E-state index contributed by atoms with van der Waals surface area (Å²) in [6.45, 7) is 0. The predicted octanol–water partition coefficient (Wildman–Crippen LogP) is 6.04. The van der Waals surface area contributed by atoms with Crippen molar-refractivity contribution >= 4 is 15.6 Å². The standard InChI is InChI=1S/C18H28O2P2/c19-21-13-5-1-3-7-17(21)15-9-11-16(12-10-15)18-8-4-2-6-14-22(18)20/h9-12,17-18,21-22H,1-8,13-14H2. The lowest BCUT2D eigenvalue weighted by Crippen LogP contribution is -1.97. The molecule has 2 fully saturated rings. The van der Waals surface area contributed by atoms with E-state index in [-0.39, 0.29) is 11.3 Å². The molecular weight excluding hydrogens is 310 g/mol. The molecule has 2 saturated heterocycles. The summed E-state index contributed by atoms with van der Waals surface area (Å²) < 4.78 is 24.9. The van der Waals surface area contributed by atoms with Crippen molar-refractivity contribution in [2.45, 2.75) is 62.7 Å². The van der Waals surface area contributed by atoms with E-state index in [0.29, 0.717) is 0 Å². The van der Waals surface area contributed by atoms with Crippen LogP contribution in [0.25, 0.3) is 0 Å². The summed E-state index contributed by atoms with van der Waals surface area (Å²) in [5, 5.41) is 0. The molecule has 4 unspecified atom stereocenters. The molecule has 0 aliphatic carbocycles. The molecule has 2 aliphatic heterocycles. The minimum atomic E-state index is -1.48. The average Bonchev–Trinajstić information content (AvgIpc) is 2.88. The smallest absolute Gasteiger partial charge is 0.0833 e. The van der Waals surface area contributed by atoms with Crippen molar-refractivity contribution in [2.75, 3.05) is 12.3 Å². The minimum Gasteiger partial charge on any atom is -0.326 e. The summed E-state index contributed by atoms with van der Waals surface area (Å²) in [7, 11) is -2.96. The first-order valence-electron chi connectivity index (χ1n) is 8.91. The maximum absolute atomic E-state index is 12.4. The van der Waals surface area contributed by atoms with Crippen LogP contribution in [-0.4, -0.2) is 12.3 Å². The molecule has 4 heteroatoms. The van der Waals surface area contributed by atoms with Gasteiger partial charge in [0.05, 0.1) is 15.6 Å². The second-order valence-electron chi connectivity index (χ2n) is 6.90. The lowest BCUT2D eigenvalue weighted by Gasteiger charge is -2.18.